The number of alkyl halides is 2. The number of hydrogen-bond donors (Lipinski definition) is 2. The normalized spacial score (nSPS) is 16.6. The first-order valence-electron chi connectivity index (χ1n) is 15.6. The van der Waals surface area contributed by atoms with Crippen LogP contribution in [0.5, 0.6) is 0 Å². The van der Waals surface area contributed by atoms with Gasteiger partial charge in [0.1, 0.15) is 21.4 Å². The fourth-order valence-electron chi connectivity index (χ4n) is 5.28. The molecule has 4 rings (SSSR count). The number of nitrogens with one attached hydrogen (secondary N) is 2. The highest BCUT2D eigenvalue weighted by Crippen LogP contribution is 2.65. The smallest absolute Gasteiger partial charge is 0.424 e. The van der Waals surface area contributed by atoms with E-state index in [1.807, 2.05) is 6.92 Å². The second-order valence-corrected chi connectivity index (χ2v) is 16.5. The van der Waals surface area contributed by atoms with Crippen LogP contribution in [0.15, 0.2) is 53.0 Å². The van der Waals surface area contributed by atoms with Gasteiger partial charge in [-0.25, -0.2) is 18.4 Å². The van der Waals surface area contributed by atoms with Crippen LogP contribution in [-0.2, 0) is 14.3 Å². The van der Waals surface area contributed by atoms with Crippen LogP contribution in [0.2, 0.25) is 10.0 Å². The molecular weight excluding hydrogens is 818 g/mol. The van der Waals surface area contributed by atoms with E-state index in [1.54, 1.807) is 32.0 Å². The zero-order chi connectivity index (χ0) is 38.2. The molecule has 1 aliphatic rings. The van der Waals surface area contributed by atoms with Crippen LogP contribution >= 0.6 is 62.3 Å². The van der Waals surface area contributed by atoms with E-state index in [9.17, 15) is 19.2 Å². The Morgan fingerprint density at radius 1 is 0.882 bits per heavy atom. The molecule has 0 bridgehead atoms. The number of carbonyl (C=O) groups excluding carboxylic acids is 4. The maximum Gasteiger partial charge on any atom is 0.424 e. The summed E-state index contributed by atoms with van der Waals surface area (Å²) in [4.78, 5) is 53.5. The van der Waals surface area contributed by atoms with Gasteiger partial charge in [0.15, 0.2) is 5.82 Å². The van der Waals surface area contributed by atoms with Gasteiger partial charge in [0.25, 0.3) is 5.91 Å². The molecule has 0 aromatic heterocycles. The van der Waals surface area contributed by atoms with Gasteiger partial charge in [0, 0.05) is 22.1 Å². The summed E-state index contributed by atoms with van der Waals surface area (Å²) in [6.45, 7) is 9.68. The molecule has 0 saturated heterocycles. The number of imide groups is 1. The molecule has 2 N–H and O–H groups in total. The summed E-state index contributed by atoms with van der Waals surface area (Å²) in [6.07, 6.45) is -1.54. The Bertz CT molecular complexity index is 1890. The molecule has 2 atom stereocenters. The highest BCUT2D eigenvalue weighted by molar-refractivity contribution is 9.10. The summed E-state index contributed by atoms with van der Waals surface area (Å²) in [6, 6.07) is 10.2. The lowest BCUT2D eigenvalue weighted by atomic mass is 10.0. The van der Waals surface area contributed by atoms with Gasteiger partial charge >= 0.3 is 12.2 Å². The summed E-state index contributed by atoms with van der Waals surface area (Å²) >= 11 is 28.7. The van der Waals surface area contributed by atoms with Gasteiger partial charge in [0.2, 0.25) is 5.91 Å². The van der Waals surface area contributed by atoms with Gasteiger partial charge in [-0.1, -0.05) is 42.6 Å². The van der Waals surface area contributed by atoms with E-state index in [-0.39, 0.29) is 21.2 Å². The molecule has 274 valence electrons. The first kappa shape index (κ1) is 40.6. The summed E-state index contributed by atoms with van der Waals surface area (Å²) in [5.74, 6) is -5.49. The van der Waals surface area contributed by atoms with Crippen molar-refractivity contribution < 1.29 is 37.4 Å². The summed E-state index contributed by atoms with van der Waals surface area (Å²) in [5.41, 5.74) is -2.92. The van der Waals surface area contributed by atoms with Crippen molar-refractivity contribution in [3.63, 3.8) is 0 Å². The molecule has 0 spiro atoms. The van der Waals surface area contributed by atoms with Crippen molar-refractivity contribution in [3.05, 3.63) is 85.8 Å². The number of ether oxygens (including phenoxy) is 2. The largest absolute Gasteiger partial charge is 0.443 e. The summed E-state index contributed by atoms with van der Waals surface area (Å²) < 4.78 is 40.4. The molecule has 0 aliphatic heterocycles. The number of carbonyl (C=O) groups is 4. The topological polar surface area (TPSA) is 114 Å². The number of rotatable bonds is 9. The van der Waals surface area contributed by atoms with E-state index in [0.29, 0.717) is 34.0 Å². The highest BCUT2D eigenvalue weighted by Gasteiger charge is 2.67. The van der Waals surface area contributed by atoms with Crippen molar-refractivity contribution in [1.29, 1.82) is 0 Å². The molecule has 1 aliphatic carbocycles. The quantitative estimate of drug-likeness (QED) is 0.207. The van der Waals surface area contributed by atoms with Gasteiger partial charge in [-0.3, -0.25) is 9.59 Å². The SMILES string of the molecule is CCCC(C)(C)OC(=O)N(C(=O)OC(C)(C)C)c1cc(NC(=O)c2cc(NC(=O)[C@H]3[C@H](c4ccc(Cl)c(Br)c4)C3(Cl)Cl)ccc2Cl)c(F)cc1F. The molecule has 1 fully saturated rings. The number of hydrogen-bond acceptors (Lipinski definition) is 6. The second-order valence-electron chi connectivity index (χ2n) is 13.4. The number of anilines is 3. The number of benzene rings is 3. The molecule has 3 aromatic carbocycles. The standard InChI is InChI=1S/C35H34BrCl4F2N3O6/c1-7-12-34(5,6)51-32(49)45(31(48)50-33(2,3)4)26-16-25(23(41)15-24(26)42)44-29(46)19-14-18(9-11-21(19)37)43-30(47)28-27(35(28,39)40)17-8-10-22(38)20(36)13-17/h8-11,13-16,27-28H,7,12H2,1-6H3,(H,43,47)(H,44,46)/t27-,28+/m0/s1. The monoisotopic (exact) mass is 849 g/mol. The highest BCUT2D eigenvalue weighted by atomic mass is 79.9. The van der Waals surface area contributed by atoms with E-state index in [0.717, 1.165) is 6.07 Å². The van der Waals surface area contributed by atoms with Crippen molar-refractivity contribution >= 4 is 103 Å². The lowest BCUT2D eigenvalue weighted by molar-refractivity contribution is -0.117. The van der Waals surface area contributed by atoms with Crippen molar-refractivity contribution in [2.24, 2.45) is 5.92 Å². The maximum absolute atomic E-state index is 15.3. The summed E-state index contributed by atoms with van der Waals surface area (Å²) in [7, 11) is 0. The summed E-state index contributed by atoms with van der Waals surface area (Å²) in [5, 5.41) is 5.34. The molecule has 51 heavy (non-hydrogen) atoms. The zero-order valence-corrected chi connectivity index (χ0v) is 32.8. The van der Waals surface area contributed by atoms with Crippen molar-refractivity contribution in [2.45, 2.75) is 75.8 Å². The minimum atomic E-state index is -1.42. The van der Waals surface area contributed by atoms with E-state index < -0.39 is 74.4 Å². The fourth-order valence-corrected chi connectivity index (χ4v) is 6.82. The van der Waals surface area contributed by atoms with Gasteiger partial charge in [-0.15, -0.1) is 23.2 Å². The number of amides is 4. The predicted octanol–water partition coefficient (Wildman–Crippen LogP) is 11.3. The Morgan fingerprint density at radius 2 is 1.51 bits per heavy atom. The van der Waals surface area contributed by atoms with E-state index in [2.05, 4.69) is 26.6 Å². The lowest BCUT2D eigenvalue weighted by Gasteiger charge is -2.30. The van der Waals surface area contributed by atoms with E-state index >= 15 is 8.78 Å². The number of halogens is 7. The second kappa shape index (κ2) is 15.4. The van der Waals surface area contributed by atoms with Crippen LogP contribution in [0.1, 0.15) is 76.2 Å². The Hall–Kier alpha value is -3.16. The Labute approximate surface area is 322 Å². The predicted molar refractivity (Wildman–Crippen MR) is 198 cm³/mol. The molecule has 0 heterocycles. The molecular formula is C35H34BrCl4F2N3O6. The molecule has 1 saturated carbocycles. The molecule has 3 aromatic rings. The zero-order valence-electron chi connectivity index (χ0n) is 28.2. The Balaban J connectivity index is 1.60. The molecule has 0 radical (unpaired) electrons. The maximum atomic E-state index is 15.3. The van der Waals surface area contributed by atoms with Gasteiger partial charge in [-0.05, 0) is 98.9 Å². The fraction of sp³-hybridized carbons (Fsp3) is 0.371. The molecule has 9 nitrogen and oxygen atoms in total. The minimum absolute atomic E-state index is 0.0790. The molecule has 0 unspecified atom stereocenters. The van der Waals surface area contributed by atoms with Gasteiger partial charge in [-0.2, -0.15) is 4.90 Å². The third kappa shape index (κ3) is 9.64. The minimum Gasteiger partial charge on any atom is -0.443 e. The third-order valence-electron chi connectivity index (χ3n) is 7.62. The van der Waals surface area contributed by atoms with Crippen molar-refractivity contribution in [1.82, 2.24) is 0 Å². The van der Waals surface area contributed by atoms with Crippen LogP contribution in [-0.4, -0.2) is 39.5 Å². The van der Waals surface area contributed by atoms with Gasteiger partial charge in [0.05, 0.1) is 32.9 Å². The lowest BCUT2D eigenvalue weighted by Crippen LogP contribution is -2.44. The average molecular weight is 852 g/mol. The Morgan fingerprint density at radius 3 is 2.12 bits per heavy atom. The van der Waals surface area contributed by atoms with Crippen LogP contribution in [0.4, 0.5) is 35.4 Å². The van der Waals surface area contributed by atoms with Gasteiger partial charge < -0.3 is 20.1 Å². The average Bonchev–Trinajstić information content (AvgIpc) is 3.58. The van der Waals surface area contributed by atoms with Crippen LogP contribution < -0.4 is 15.5 Å². The van der Waals surface area contributed by atoms with Crippen molar-refractivity contribution in [3.8, 4) is 0 Å². The first-order chi connectivity index (χ1) is 23.6. The van der Waals surface area contributed by atoms with E-state index in [4.69, 9.17) is 55.9 Å². The Kier molecular flexibility index (Phi) is 12.3. The van der Waals surface area contributed by atoms with Crippen LogP contribution in [0.25, 0.3) is 0 Å². The molecule has 4 amide bonds. The first-order valence-corrected chi connectivity index (χ1v) is 17.9. The third-order valence-corrected chi connectivity index (χ3v) is 10.1. The van der Waals surface area contributed by atoms with Crippen molar-refractivity contribution in [2.75, 3.05) is 15.5 Å². The van der Waals surface area contributed by atoms with E-state index in [1.165, 1.54) is 39.0 Å². The molecule has 16 heteroatoms. The van der Waals surface area contributed by atoms with Crippen LogP contribution in [0.3, 0.4) is 0 Å². The number of nitrogens with zero attached hydrogens (tertiary/aromatic N) is 1. The van der Waals surface area contributed by atoms with Crippen LogP contribution in [0, 0.1) is 17.6 Å².